The molecule has 0 radical (unpaired) electrons. The van der Waals surface area contributed by atoms with Crippen LogP contribution in [0.3, 0.4) is 0 Å². The summed E-state index contributed by atoms with van der Waals surface area (Å²) in [5, 5.41) is 13.7. The second-order valence-electron chi connectivity index (χ2n) is 5.11. The van der Waals surface area contributed by atoms with E-state index in [-0.39, 0.29) is 16.0 Å². The number of rotatable bonds is 4. The summed E-state index contributed by atoms with van der Waals surface area (Å²) in [5.74, 6) is -0.438. The van der Waals surface area contributed by atoms with Crippen LogP contribution in [0.5, 0.6) is 0 Å². The monoisotopic (exact) mass is 382 g/mol. The van der Waals surface area contributed by atoms with Crippen LogP contribution in [-0.4, -0.2) is 40.0 Å². The lowest BCUT2D eigenvalue weighted by atomic mass is 10.2. The molecule has 1 N–H and O–H groups in total. The number of hydrogen-bond donors (Lipinski definition) is 1. The standard InChI is InChI=1S/C14H14N4O5S2/c1-2-23-14(20)17-6-5-8-10(7-17)25-13(15-8)16-12(19)9-3-4-11(24-9)18(21)22/h3-4H,2,5-7H2,1H3,(H,15,16,19). The van der Waals surface area contributed by atoms with Gasteiger partial charge in [-0.3, -0.25) is 20.2 Å². The maximum atomic E-state index is 12.2. The van der Waals surface area contributed by atoms with Crippen LogP contribution >= 0.6 is 22.7 Å². The van der Waals surface area contributed by atoms with Crippen molar-refractivity contribution in [2.75, 3.05) is 18.5 Å². The molecule has 3 heterocycles. The Hall–Kier alpha value is -2.53. The van der Waals surface area contributed by atoms with E-state index in [2.05, 4.69) is 10.3 Å². The van der Waals surface area contributed by atoms with Gasteiger partial charge in [0.15, 0.2) is 5.13 Å². The fourth-order valence-corrected chi connectivity index (χ4v) is 4.06. The molecule has 2 aromatic heterocycles. The highest BCUT2D eigenvalue weighted by Gasteiger charge is 2.25. The normalized spacial score (nSPS) is 13.2. The van der Waals surface area contributed by atoms with Gasteiger partial charge in [0.25, 0.3) is 5.91 Å². The van der Waals surface area contributed by atoms with E-state index in [0.29, 0.717) is 31.2 Å². The van der Waals surface area contributed by atoms with E-state index in [1.807, 2.05) is 0 Å². The van der Waals surface area contributed by atoms with Crippen LogP contribution in [-0.2, 0) is 17.7 Å². The Kier molecular flexibility index (Phi) is 4.95. The van der Waals surface area contributed by atoms with Crippen LogP contribution in [0.4, 0.5) is 14.9 Å². The van der Waals surface area contributed by atoms with Crippen molar-refractivity contribution in [3.63, 3.8) is 0 Å². The largest absolute Gasteiger partial charge is 0.450 e. The first-order chi connectivity index (χ1) is 12.0. The molecule has 11 heteroatoms. The van der Waals surface area contributed by atoms with Gasteiger partial charge in [-0.15, -0.1) is 0 Å². The summed E-state index contributed by atoms with van der Waals surface area (Å²) in [6.45, 7) is 2.98. The number of aromatic nitrogens is 1. The predicted molar refractivity (Wildman–Crippen MR) is 92.2 cm³/mol. The second-order valence-corrected chi connectivity index (χ2v) is 7.25. The minimum atomic E-state index is -0.534. The van der Waals surface area contributed by atoms with Gasteiger partial charge in [-0.2, -0.15) is 0 Å². The summed E-state index contributed by atoms with van der Waals surface area (Å²) >= 11 is 2.10. The highest BCUT2D eigenvalue weighted by molar-refractivity contribution is 7.18. The zero-order chi connectivity index (χ0) is 18.0. The molecular weight excluding hydrogens is 368 g/mol. The molecule has 9 nitrogen and oxygen atoms in total. The van der Waals surface area contributed by atoms with Gasteiger partial charge in [0.05, 0.1) is 28.6 Å². The molecular formula is C14H14N4O5S2. The first-order valence-corrected chi connectivity index (χ1v) is 9.07. The number of amides is 2. The summed E-state index contributed by atoms with van der Waals surface area (Å²) in [5.41, 5.74) is 0.845. The number of hydrogen-bond acceptors (Lipinski definition) is 8. The topological polar surface area (TPSA) is 115 Å². The van der Waals surface area contributed by atoms with Crippen molar-refractivity contribution < 1.29 is 19.2 Å². The SMILES string of the molecule is CCOC(=O)N1CCc2nc(NC(=O)c3ccc([N+](=O)[O-])s3)sc2C1. The molecule has 0 atom stereocenters. The quantitative estimate of drug-likeness (QED) is 0.642. The van der Waals surface area contributed by atoms with Crippen LogP contribution < -0.4 is 5.32 Å². The highest BCUT2D eigenvalue weighted by atomic mass is 32.1. The molecule has 132 valence electrons. The van der Waals surface area contributed by atoms with E-state index in [1.165, 1.54) is 23.5 Å². The van der Waals surface area contributed by atoms with E-state index < -0.39 is 10.8 Å². The van der Waals surface area contributed by atoms with E-state index in [4.69, 9.17) is 4.74 Å². The van der Waals surface area contributed by atoms with Crippen molar-refractivity contribution in [3.8, 4) is 0 Å². The van der Waals surface area contributed by atoms with E-state index in [1.54, 1.807) is 11.8 Å². The molecule has 0 aliphatic carbocycles. The predicted octanol–water partition coefficient (Wildman–Crippen LogP) is 2.88. The maximum Gasteiger partial charge on any atom is 0.410 e. The number of carbonyl (C=O) groups is 2. The smallest absolute Gasteiger partial charge is 0.410 e. The molecule has 0 aromatic carbocycles. The molecule has 0 saturated heterocycles. The number of thiophene rings is 1. The number of thiazole rings is 1. The zero-order valence-electron chi connectivity index (χ0n) is 13.2. The number of nitro groups is 1. The molecule has 0 unspecified atom stereocenters. The van der Waals surface area contributed by atoms with Gasteiger partial charge in [0.2, 0.25) is 0 Å². The molecule has 0 spiro atoms. The van der Waals surface area contributed by atoms with Crippen LogP contribution in [0.25, 0.3) is 0 Å². The minimum Gasteiger partial charge on any atom is -0.450 e. The average Bonchev–Trinajstić information content (AvgIpc) is 3.20. The molecule has 1 aliphatic rings. The maximum absolute atomic E-state index is 12.2. The lowest BCUT2D eigenvalue weighted by molar-refractivity contribution is -0.380. The number of nitrogens with zero attached hydrogens (tertiary/aromatic N) is 3. The summed E-state index contributed by atoms with van der Waals surface area (Å²) in [4.78, 5) is 41.2. The van der Waals surface area contributed by atoms with Gasteiger partial charge in [0.1, 0.15) is 0 Å². The fraction of sp³-hybridized carbons (Fsp3) is 0.357. The number of ether oxygens (including phenoxy) is 1. The van der Waals surface area contributed by atoms with Crippen molar-refractivity contribution in [2.45, 2.75) is 19.9 Å². The van der Waals surface area contributed by atoms with Gasteiger partial charge in [-0.25, -0.2) is 9.78 Å². The molecule has 1 aliphatic heterocycles. The Bertz CT molecular complexity index is 831. The van der Waals surface area contributed by atoms with Gasteiger partial charge in [-0.1, -0.05) is 22.7 Å². The molecule has 3 rings (SSSR count). The molecule has 0 fully saturated rings. The Morgan fingerprint density at radius 2 is 2.24 bits per heavy atom. The number of anilines is 1. The van der Waals surface area contributed by atoms with E-state index in [0.717, 1.165) is 21.9 Å². The first-order valence-electron chi connectivity index (χ1n) is 7.43. The summed E-state index contributed by atoms with van der Waals surface area (Å²) in [6.07, 6.45) is 0.225. The molecule has 0 saturated carbocycles. The fourth-order valence-electron chi connectivity index (χ4n) is 2.33. The first kappa shape index (κ1) is 17.3. The van der Waals surface area contributed by atoms with Crippen molar-refractivity contribution in [1.29, 1.82) is 0 Å². The Morgan fingerprint density at radius 3 is 2.92 bits per heavy atom. The number of fused-ring (bicyclic) bond motifs is 1. The number of nitrogens with one attached hydrogen (secondary N) is 1. The van der Waals surface area contributed by atoms with Crippen LogP contribution in [0, 0.1) is 10.1 Å². The van der Waals surface area contributed by atoms with Crippen LogP contribution in [0.1, 0.15) is 27.2 Å². The molecule has 2 aromatic rings. The summed E-state index contributed by atoms with van der Waals surface area (Å²) < 4.78 is 5.00. The van der Waals surface area contributed by atoms with E-state index in [9.17, 15) is 19.7 Å². The van der Waals surface area contributed by atoms with Gasteiger partial charge < -0.3 is 9.64 Å². The summed E-state index contributed by atoms with van der Waals surface area (Å²) in [7, 11) is 0. The third kappa shape index (κ3) is 3.77. The highest BCUT2D eigenvalue weighted by Crippen LogP contribution is 2.30. The lowest BCUT2D eigenvalue weighted by Gasteiger charge is -2.24. The van der Waals surface area contributed by atoms with Crippen LogP contribution in [0.15, 0.2) is 12.1 Å². The second kappa shape index (κ2) is 7.15. The Morgan fingerprint density at radius 1 is 1.44 bits per heavy atom. The zero-order valence-corrected chi connectivity index (χ0v) is 14.8. The van der Waals surface area contributed by atoms with Crippen molar-refractivity contribution in [1.82, 2.24) is 9.88 Å². The minimum absolute atomic E-state index is 0.0892. The van der Waals surface area contributed by atoms with Crippen molar-refractivity contribution in [3.05, 3.63) is 37.7 Å². The van der Waals surface area contributed by atoms with Gasteiger partial charge in [0, 0.05) is 23.9 Å². The lowest BCUT2D eigenvalue weighted by Crippen LogP contribution is -2.35. The van der Waals surface area contributed by atoms with E-state index >= 15 is 0 Å². The molecule has 25 heavy (non-hydrogen) atoms. The summed E-state index contributed by atoms with van der Waals surface area (Å²) in [6, 6.07) is 2.71. The third-order valence-electron chi connectivity index (χ3n) is 3.47. The Balaban J connectivity index is 1.68. The van der Waals surface area contributed by atoms with Gasteiger partial charge >= 0.3 is 11.1 Å². The van der Waals surface area contributed by atoms with Crippen LogP contribution in [0.2, 0.25) is 0 Å². The molecule has 2 amide bonds. The van der Waals surface area contributed by atoms with Crippen molar-refractivity contribution >= 4 is 44.8 Å². The van der Waals surface area contributed by atoms with Crippen molar-refractivity contribution in [2.24, 2.45) is 0 Å². The third-order valence-corrected chi connectivity index (χ3v) is 5.51. The number of carbonyl (C=O) groups excluding carboxylic acids is 2. The molecule has 0 bridgehead atoms. The van der Waals surface area contributed by atoms with Gasteiger partial charge in [-0.05, 0) is 13.0 Å². The average molecular weight is 382 g/mol. The Labute approximate surface area is 150 Å².